The molecule has 0 bridgehead atoms. The lowest BCUT2D eigenvalue weighted by Gasteiger charge is -2.39. The summed E-state index contributed by atoms with van der Waals surface area (Å²) in [6.07, 6.45) is -0.0777. The summed E-state index contributed by atoms with van der Waals surface area (Å²) in [6.45, 7) is 5.06. The monoisotopic (exact) mass is 651 g/mol. The minimum Gasteiger partial charge on any atom is -0.465 e. The summed E-state index contributed by atoms with van der Waals surface area (Å²) >= 11 is 0. The summed E-state index contributed by atoms with van der Waals surface area (Å²) < 4.78 is 18.0. The first-order valence-electron chi connectivity index (χ1n) is 16.4. The number of aliphatic hydroxyl groups is 1. The summed E-state index contributed by atoms with van der Waals surface area (Å²) in [6, 6.07) is 34.3. The molecular weight excluding hydrogens is 606 g/mol. The van der Waals surface area contributed by atoms with Crippen molar-refractivity contribution in [1.82, 2.24) is 15.5 Å². The summed E-state index contributed by atoms with van der Waals surface area (Å²) in [5.74, 6) is -0.477. The van der Waals surface area contributed by atoms with Crippen molar-refractivity contribution in [2.75, 3.05) is 26.7 Å². The molecule has 0 aliphatic carbocycles. The molecule has 1 heterocycles. The average molecular weight is 652 g/mol. The van der Waals surface area contributed by atoms with Crippen LogP contribution in [0.5, 0.6) is 0 Å². The maximum atomic E-state index is 12.1. The van der Waals surface area contributed by atoms with Crippen LogP contribution in [0.1, 0.15) is 66.5 Å². The van der Waals surface area contributed by atoms with Gasteiger partial charge in [0.2, 0.25) is 0 Å². The molecule has 9 heteroatoms. The molecule has 5 rings (SSSR count). The molecule has 252 valence electrons. The highest BCUT2D eigenvalue weighted by Crippen LogP contribution is 2.39. The molecule has 4 atom stereocenters. The van der Waals surface area contributed by atoms with Gasteiger partial charge in [0.1, 0.15) is 6.54 Å². The molecule has 1 aliphatic rings. The number of likely N-dealkylation sites (N-methyl/N-ethyl adjacent to an activating group) is 1. The van der Waals surface area contributed by atoms with Gasteiger partial charge in [-0.05, 0) is 60.3 Å². The fraction of sp³-hybridized carbons (Fsp3) is 0.333. The second kappa shape index (κ2) is 17.0. The van der Waals surface area contributed by atoms with Crippen LogP contribution in [0, 0.1) is 0 Å². The summed E-state index contributed by atoms with van der Waals surface area (Å²) in [4.78, 5) is 25.9. The van der Waals surface area contributed by atoms with Crippen LogP contribution in [0.15, 0.2) is 103 Å². The number of ether oxygens (including phenoxy) is 3. The first-order chi connectivity index (χ1) is 23.3. The zero-order valence-electron chi connectivity index (χ0n) is 27.8. The first-order valence-corrected chi connectivity index (χ1v) is 16.4. The van der Waals surface area contributed by atoms with Gasteiger partial charge in [0, 0.05) is 31.1 Å². The Bertz CT molecular complexity index is 1610. The number of hydrogen-bond acceptors (Lipinski definition) is 7. The Labute approximate surface area is 282 Å². The molecule has 0 spiro atoms. The molecule has 2 amide bonds. The summed E-state index contributed by atoms with van der Waals surface area (Å²) in [7, 11) is 2.13. The van der Waals surface area contributed by atoms with Crippen molar-refractivity contribution in [2.45, 2.75) is 58.0 Å². The van der Waals surface area contributed by atoms with Crippen molar-refractivity contribution in [3.8, 4) is 11.1 Å². The van der Waals surface area contributed by atoms with Crippen LogP contribution in [0.3, 0.4) is 0 Å². The Hall–Kier alpha value is -4.54. The van der Waals surface area contributed by atoms with Crippen LogP contribution >= 0.6 is 0 Å². The third-order valence-electron chi connectivity index (χ3n) is 8.64. The van der Waals surface area contributed by atoms with Gasteiger partial charge in [-0.15, -0.1) is 0 Å². The second-order valence-electron chi connectivity index (χ2n) is 12.0. The Morgan fingerprint density at radius 3 is 2.31 bits per heavy atom. The summed E-state index contributed by atoms with van der Waals surface area (Å²) in [5.41, 5.74) is 7.06. The van der Waals surface area contributed by atoms with E-state index >= 15 is 0 Å². The quantitative estimate of drug-likeness (QED) is 0.143. The number of esters is 1. The fourth-order valence-corrected chi connectivity index (χ4v) is 5.80. The van der Waals surface area contributed by atoms with Crippen LogP contribution in [-0.4, -0.2) is 54.9 Å². The Kier molecular flexibility index (Phi) is 12.3. The Morgan fingerprint density at radius 1 is 0.875 bits per heavy atom. The van der Waals surface area contributed by atoms with Gasteiger partial charge in [-0.25, -0.2) is 4.79 Å². The molecule has 1 aliphatic heterocycles. The number of rotatable bonds is 13. The highest BCUT2D eigenvalue weighted by Gasteiger charge is 2.33. The van der Waals surface area contributed by atoms with Gasteiger partial charge in [0.15, 0.2) is 6.29 Å². The van der Waals surface area contributed by atoms with Gasteiger partial charge < -0.3 is 30.0 Å². The van der Waals surface area contributed by atoms with Crippen LogP contribution < -0.4 is 10.6 Å². The number of urea groups is 1. The first kappa shape index (κ1) is 34.8. The number of nitrogens with zero attached hydrogens (tertiary/aromatic N) is 1. The van der Waals surface area contributed by atoms with Gasteiger partial charge in [-0.2, -0.15) is 0 Å². The van der Waals surface area contributed by atoms with Crippen LogP contribution in [0.4, 0.5) is 4.79 Å². The molecule has 1 fully saturated rings. The highest BCUT2D eigenvalue weighted by molar-refractivity contribution is 5.80. The SMILES string of the molecule is CCOC(=O)CNC(=O)NCc1cccc(-c2ccc([C@@H]3O[C@H](CN(C)[C@@H](C)c4ccccc4)C[C@H](c4ccc(CO)cc4)O3)cc2)c1. The molecule has 4 aromatic carbocycles. The third kappa shape index (κ3) is 9.51. The van der Waals surface area contributed by atoms with Crippen molar-refractivity contribution in [1.29, 1.82) is 0 Å². The lowest BCUT2D eigenvalue weighted by atomic mass is 9.98. The van der Waals surface area contributed by atoms with E-state index in [2.05, 4.69) is 65.9 Å². The highest BCUT2D eigenvalue weighted by atomic mass is 16.7. The number of amides is 2. The van der Waals surface area contributed by atoms with E-state index in [1.807, 2.05) is 66.7 Å². The fourth-order valence-electron chi connectivity index (χ4n) is 5.80. The van der Waals surface area contributed by atoms with Crippen molar-refractivity contribution in [3.05, 3.63) is 131 Å². The number of carbonyl (C=O) groups excluding carboxylic acids is 2. The molecule has 3 N–H and O–H groups in total. The van der Waals surface area contributed by atoms with Crippen LogP contribution in [0.2, 0.25) is 0 Å². The van der Waals surface area contributed by atoms with Crippen molar-refractivity contribution < 1.29 is 28.9 Å². The Morgan fingerprint density at radius 2 is 1.60 bits per heavy atom. The van der Waals surface area contributed by atoms with Crippen molar-refractivity contribution >= 4 is 12.0 Å². The lowest BCUT2D eigenvalue weighted by Crippen LogP contribution is -2.38. The second-order valence-corrected chi connectivity index (χ2v) is 12.0. The molecule has 48 heavy (non-hydrogen) atoms. The molecular formula is C39H45N3O6. The molecule has 0 aromatic heterocycles. The van der Waals surface area contributed by atoms with Crippen molar-refractivity contribution in [2.24, 2.45) is 0 Å². The van der Waals surface area contributed by atoms with E-state index in [1.54, 1.807) is 6.92 Å². The van der Waals surface area contributed by atoms with E-state index in [4.69, 9.17) is 14.2 Å². The minimum absolute atomic E-state index is 0.000554. The number of aliphatic hydroxyl groups excluding tert-OH is 1. The number of benzene rings is 4. The molecule has 0 radical (unpaired) electrons. The Balaban J connectivity index is 1.27. The van der Waals surface area contributed by atoms with Gasteiger partial charge >= 0.3 is 12.0 Å². The smallest absolute Gasteiger partial charge is 0.325 e. The van der Waals surface area contributed by atoms with E-state index in [0.29, 0.717) is 13.0 Å². The van der Waals surface area contributed by atoms with Crippen LogP contribution in [0.25, 0.3) is 11.1 Å². The molecule has 1 saturated heterocycles. The largest absolute Gasteiger partial charge is 0.465 e. The topological polar surface area (TPSA) is 109 Å². The molecule has 0 saturated carbocycles. The number of hydrogen-bond donors (Lipinski definition) is 3. The maximum Gasteiger partial charge on any atom is 0.325 e. The minimum atomic E-state index is -0.551. The zero-order chi connectivity index (χ0) is 33.9. The average Bonchev–Trinajstić information content (AvgIpc) is 3.13. The zero-order valence-corrected chi connectivity index (χ0v) is 27.8. The van der Waals surface area contributed by atoms with Crippen LogP contribution in [-0.2, 0) is 32.2 Å². The number of nitrogens with one attached hydrogen (secondary N) is 2. The molecule has 4 aromatic rings. The lowest BCUT2D eigenvalue weighted by molar-refractivity contribution is -0.253. The molecule has 9 nitrogen and oxygen atoms in total. The van der Waals surface area contributed by atoms with Gasteiger partial charge in [0.05, 0.1) is 25.4 Å². The van der Waals surface area contributed by atoms with E-state index in [9.17, 15) is 14.7 Å². The third-order valence-corrected chi connectivity index (χ3v) is 8.64. The predicted molar refractivity (Wildman–Crippen MR) is 185 cm³/mol. The maximum absolute atomic E-state index is 12.1. The summed E-state index contributed by atoms with van der Waals surface area (Å²) in [5, 5.41) is 14.8. The van der Waals surface area contributed by atoms with Gasteiger partial charge in [-0.1, -0.05) is 97.1 Å². The van der Waals surface area contributed by atoms with Gasteiger partial charge in [-0.3, -0.25) is 9.69 Å². The van der Waals surface area contributed by atoms with E-state index in [0.717, 1.165) is 39.9 Å². The van der Waals surface area contributed by atoms with E-state index in [1.165, 1.54) is 5.56 Å². The number of carbonyl (C=O) groups is 2. The predicted octanol–water partition coefficient (Wildman–Crippen LogP) is 6.45. The molecule has 0 unspecified atom stereocenters. The van der Waals surface area contributed by atoms with E-state index < -0.39 is 18.3 Å². The van der Waals surface area contributed by atoms with Crippen molar-refractivity contribution in [3.63, 3.8) is 0 Å². The van der Waals surface area contributed by atoms with E-state index in [-0.39, 0.29) is 38.0 Å². The standard InChI is InChI=1S/C39H45N3O6/c1-4-46-37(44)24-41-39(45)40-23-29-9-8-12-34(21-29)31-17-19-33(20-18-31)38-47-35(25-42(3)27(2)30-10-6-5-7-11-30)22-36(48-38)32-15-13-28(26-43)14-16-32/h5-21,27,35-36,38,43H,4,22-26H2,1-3H3,(H2,40,41,45)/t27-,35-,36+,38+/m0/s1. The normalized spacial score (nSPS) is 18.2. The van der Waals surface area contributed by atoms with Gasteiger partial charge in [0.25, 0.3) is 0 Å².